The molecule has 0 aliphatic carbocycles. The number of fused-ring (bicyclic) bond motifs is 1. The number of thioether (sulfide) groups is 1. The number of likely N-dealkylation sites (tertiary alicyclic amines) is 1. The van der Waals surface area contributed by atoms with Crippen LogP contribution in [-0.2, 0) is 4.79 Å². The molecule has 1 saturated heterocycles. The van der Waals surface area contributed by atoms with Gasteiger partial charge in [0.05, 0.1) is 21.9 Å². The van der Waals surface area contributed by atoms with Crippen LogP contribution in [0, 0.1) is 11.8 Å². The number of halogens is 2. The summed E-state index contributed by atoms with van der Waals surface area (Å²) in [6.07, 6.45) is 4.57. The van der Waals surface area contributed by atoms with Crippen molar-refractivity contribution in [3.05, 3.63) is 52.5 Å². The molecule has 0 spiro atoms. The van der Waals surface area contributed by atoms with E-state index in [1.807, 2.05) is 29.6 Å². The maximum absolute atomic E-state index is 15.5. The van der Waals surface area contributed by atoms with Crippen LogP contribution < -0.4 is 4.74 Å². The largest absolute Gasteiger partial charge is 0.497 e. The Labute approximate surface area is 231 Å². The lowest BCUT2D eigenvalue weighted by Gasteiger charge is -2.39. The molecule has 2 aromatic heterocycles. The predicted molar refractivity (Wildman–Crippen MR) is 151 cm³/mol. The van der Waals surface area contributed by atoms with Crippen LogP contribution in [0.15, 0.2) is 46.1 Å². The van der Waals surface area contributed by atoms with Crippen LogP contribution >= 0.6 is 34.7 Å². The van der Waals surface area contributed by atoms with Gasteiger partial charge in [-0.05, 0) is 98.3 Å². The van der Waals surface area contributed by atoms with Crippen LogP contribution in [0.1, 0.15) is 50.3 Å². The molecule has 3 atom stereocenters. The second-order valence-corrected chi connectivity index (χ2v) is 12.3. The summed E-state index contributed by atoms with van der Waals surface area (Å²) in [6.45, 7) is 2.85. The van der Waals surface area contributed by atoms with Crippen LogP contribution in [0.5, 0.6) is 5.75 Å². The van der Waals surface area contributed by atoms with E-state index in [9.17, 15) is 9.90 Å². The Morgan fingerprint density at radius 3 is 2.95 bits per heavy atom. The van der Waals surface area contributed by atoms with Crippen molar-refractivity contribution in [1.82, 2.24) is 9.88 Å². The van der Waals surface area contributed by atoms with Gasteiger partial charge in [-0.25, -0.2) is 4.39 Å². The van der Waals surface area contributed by atoms with Crippen molar-refractivity contribution in [1.29, 1.82) is 0 Å². The van der Waals surface area contributed by atoms with Gasteiger partial charge in [-0.15, -0.1) is 23.1 Å². The lowest BCUT2D eigenvalue weighted by Crippen LogP contribution is -2.41. The Morgan fingerprint density at radius 1 is 1.32 bits per heavy atom. The Hall–Kier alpha value is -1.87. The molecular weight excluding hydrogens is 531 g/mol. The monoisotopic (exact) mass is 564 g/mol. The number of piperidine rings is 1. The lowest BCUT2D eigenvalue weighted by atomic mass is 9.79. The van der Waals surface area contributed by atoms with E-state index in [1.165, 1.54) is 4.21 Å². The number of nitrogens with zero attached hydrogens (tertiary/aromatic N) is 2. The summed E-state index contributed by atoms with van der Waals surface area (Å²) in [4.78, 5) is 18.1. The molecule has 1 fully saturated rings. The van der Waals surface area contributed by atoms with Gasteiger partial charge in [0, 0.05) is 30.3 Å². The Bertz CT molecular complexity index is 1180. The number of ether oxygens (including phenoxy) is 1. The smallest absolute Gasteiger partial charge is 0.303 e. The van der Waals surface area contributed by atoms with E-state index in [4.69, 9.17) is 16.3 Å². The summed E-state index contributed by atoms with van der Waals surface area (Å²) < 4.78 is 22.0. The van der Waals surface area contributed by atoms with Crippen LogP contribution in [-0.4, -0.2) is 53.5 Å². The standard InChI is InChI=1S/C28H34ClFN2O3S2/c1-35-21-5-7-26-23(17-21)22(9-12-31-26)25(30)6-3-19-10-14-32(18-20(19)4-8-27(33)34)13-2-15-36-28-24(29)11-16-37-28/h5,7,9,11-12,16-17,19-20,25H,2-4,6,8,10,13-15,18H2,1H3,(H,33,34)/t19-,20-,25-/m1/s1. The van der Waals surface area contributed by atoms with E-state index < -0.39 is 12.1 Å². The maximum atomic E-state index is 15.5. The summed E-state index contributed by atoms with van der Waals surface area (Å²) in [7, 11) is 1.60. The highest BCUT2D eigenvalue weighted by molar-refractivity contribution is 8.01. The van der Waals surface area contributed by atoms with E-state index in [2.05, 4.69) is 9.88 Å². The molecule has 0 radical (unpaired) electrons. The normalized spacial score (nSPS) is 19.2. The van der Waals surface area contributed by atoms with Gasteiger partial charge in [-0.3, -0.25) is 9.78 Å². The van der Waals surface area contributed by atoms with Crippen molar-refractivity contribution >= 4 is 51.6 Å². The number of carbonyl (C=O) groups is 1. The molecule has 0 amide bonds. The van der Waals surface area contributed by atoms with Crippen LogP contribution in [0.3, 0.4) is 0 Å². The van der Waals surface area contributed by atoms with E-state index in [0.717, 1.165) is 60.6 Å². The number of carboxylic acids is 1. The molecule has 1 aromatic carbocycles. The Kier molecular flexibility index (Phi) is 10.5. The third-order valence-electron chi connectivity index (χ3n) is 7.25. The zero-order valence-corrected chi connectivity index (χ0v) is 23.5. The topological polar surface area (TPSA) is 62.7 Å². The number of alkyl halides is 1. The van der Waals surface area contributed by atoms with Crippen molar-refractivity contribution < 1.29 is 19.0 Å². The Morgan fingerprint density at radius 2 is 2.19 bits per heavy atom. The van der Waals surface area contributed by atoms with E-state index >= 15 is 4.39 Å². The highest BCUT2D eigenvalue weighted by Gasteiger charge is 2.30. The third-order valence-corrected chi connectivity index (χ3v) is 10.1. The van der Waals surface area contributed by atoms with Crippen molar-refractivity contribution in [2.45, 2.75) is 48.9 Å². The van der Waals surface area contributed by atoms with Gasteiger partial charge in [0.1, 0.15) is 11.9 Å². The van der Waals surface area contributed by atoms with E-state index in [0.29, 0.717) is 30.1 Å². The number of carboxylic acid groups (broad SMARTS) is 1. The van der Waals surface area contributed by atoms with Crippen molar-refractivity contribution in [2.24, 2.45) is 11.8 Å². The fourth-order valence-electron chi connectivity index (χ4n) is 5.27. The van der Waals surface area contributed by atoms with Crippen molar-refractivity contribution in [3.63, 3.8) is 0 Å². The Balaban J connectivity index is 1.32. The number of pyridine rings is 1. The summed E-state index contributed by atoms with van der Waals surface area (Å²) in [5.41, 5.74) is 1.40. The van der Waals surface area contributed by atoms with Crippen molar-refractivity contribution in [3.8, 4) is 5.75 Å². The molecule has 1 N–H and O–H groups in total. The molecule has 0 saturated carbocycles. The zero-order valence-electron chi connectivity index (χ0n) is 21.1. The maximum Gasteiger partial charge on any atom is 0.303 e. The zero-order chi connectivity index (χ0) is 26.2. The molecule has 0 bridgehead atoms. The fraction of sp³-hybridized carbons (Fsp3) is 0.500. The molecule has 1 aliphatic heterocycles. The lowest BCUT2D eigenvalue weighted by molar-refractivity contribution is -0.137. The molecular formula is C28H34ClFN2O3S2. The first-order valence-corrected chi connectivity index (χ1v) is 15.1. The minimum atomic E-state index is -1.10. The molecule has 200 valence electrons. The summed E-state index contributed by atoms with van der Waals surface area (Å²) in [5.74, 6) is 1.53. The molecule has 4 rings (SSSR count). The van der Waals surface area contributed by atoms with Gasteiger partial charge < -0.3 is 14.7 Å². The predicted octanol–water partition coefficient (Wildman–Crippen LogP) is 7.73. The third kappa shape index (κ3) is 7.82. The number of thiophene rings is 1. The number of hydrogen-bond acceptors (Lipinski definition) is 6. The minimum Gasteiger partial charge on any atom is -0.497 e. The number of methoxy groups -OCH3 is 1. The van der Waals surface area contributed by atoms with Gasteiger partial charge in [0.25, 0.3) is 0 Å². The van der Waals surface area contributed by atoms with Gasteiger partial charge in [0.15, 0.2) is 0 Å². The number of aromatic nitrogens is 1. The van der Waals surface area contributed by atoms with E-state index in [-0.39, 0.29) is 12.3 Å². The summed E-state index contributed by atoms with van der Waals surface area (Å²) >= 11 is 9.67. The number of rotatable bonds is 13. The quantitative estimate of drug-likeness (QED) is 0.169. The number of benzene rings is 1. The van der Waals surface area contributed by atoms with Crippen LogP contribution in [0.4, 0.5) is 4.39 Å². The number of hydrogen-bond donors (Lipinski definition) is 1. The first-order chi connectivity index (χ1) is 17.9. The molecule has 5 nitrogen and oxygen atoms in total. The molecule has 37 heavy (non-hydrogen) atoms. The highest BCUT2D eigenvalue weighted by atomic mass is 35.5. The van der Waals surface area contributed by atoms with Gasteiger partial charge in [-0.2, -0.15) is 0 Å². The summed E-state index contributed by atoms with van der Waals surface area (Å²) in [5, 5.41) is 12.9. The minimum absolute atomic E-state index is 0.162. The molecule has 0 unspecified atom stereocenters. The van der Waals surface area contributed by atoms with E-state index in [1.54, 1.807) is 42.5 Å². The second kappa shape index (κ2) is 13.8. The van der Waals surface area contributed by atoms with Gasteiger partial charge in [-0.1, -0.05) is 11.6 Å². The summed E-state index contributed by atoms with van der Waals surface area (Å²) in [6, 6.07) is 9.24. The average molecular weight is 565 g/mol. The average Bonchev–Trinajstić information content (AvgIpc) is 3.32. The molecule has 1 aliphatic rings. The first-order valence-electron chi connectivity index (χ1n) is 12.8. The fourth-order valence-corrected chi connectivity index (χ4v) is 7.57. The molecule has 9 heteroatoms. The second-order valence-electron chi connectivity index (χ2n) is 9.63. The highest BCUT2D eigenvalue weighted by Crippen LogP contribution is 2.37. The van der Waals surface area contributed by atoms with Crippen LogP contribution in [0.2, 0.25) is 5.02 Å². The molecule has 3 aromatic rings. The number of aliphatic carboxylic acids is 1. The van der Waals surface area contributed by atoms with Gasteiger partial charge >= 0.3 is 5.97 Å². The van der Waals surface area contributed by atoms with Crippen LogP contribution in [0.25, 0.3) is 10.9 Å². The first kappa shape index (κ1) is 28.1. The SMILES string of the molecule is COc1ccc2nccc([C@H](F)CC[C@@H]3CCN(CCCSc4sccc4Cl)C[C@H]3CCC(=O)O)c2c1. The molecule has 3 heterocycles. The van der Waals surface area contributed by atoms with Crippen molar-refractivity contribution in [2.75, 3.05) is 32.5 Å². The van der Waals surface area contributed by atoms with Gasteiger partial charge in [0.2, 0.25) is 0 Å².